The standard InChI is InChI=1S/C16H19FN6O3S.C15H18FN5O3/c1-10(24)19-7-12-8-22(16(25)26-12)11-2-3-14(13(17)6-11)21-4-5-23(15(18)27)20-9-21;1-10(22)17-7-12-8-21(15(23)24-12)11-2-3-14(13(16)6-11)20-5-4-18-19-9-20/h2-3,6,9,12H,4-5,7-8H2,1H3,(H2,18,27)(H,19,24);2-3,6,9,12,18H,4-5,7-8H2,1H3,(H,17,22)/t2*12-/m00/s1. The normalized spacial score (nSPS) is 19.6. The molecule has 2 saturated heterocycles. The molecule has 2 atom stereocenters. The molecule has 0 spiro atoms. The summed E-state index contributed by atoms with van der Waals surface area (Å²) in [5.41, 5.74) is 9.82. The number of hydrogen-bond donors (Lipinski definition) is 4. The lowest BCUT2D eigenvalue weighted by molar-refractivity contribution is -0.120. The molecule has 2 fully saturated rings. The first-order chi connectivity index (χ1) is 24.4. The number of cyclic esters (lactones) is 2. The van der Waals surface area contributed by atoms with Gasteiger partial charge in [0, 0.05) is 26.9 Å². The van der Waals surface area contributed by atoms with Gasteiger partial charge in [-0.1, -0.05) is 0 Å². The van der Waals surface area contributed by atoms with Crippen LogP contribution in [0.5, 0.6) is 0 Å². The third-order valence-electron chi connectivity index (χ3n) is 7.90. The number of carbonyl (C=O) groups excluding carboxylic acids is 4. The number of anilines is 4. The summed E-state index contributed by atoms with van der Waals surface area (Å²) in [6.45, 7) is 5.83. The van der Waals surface area contributed by atoms with Gasteiger partial charge in [-0.2, -0.15) is 10.2 Å². The number of nitrogens with two attached hydrogens (primary N) is 1. The van der Waals surface area contributed by atoms with Crippen LogP contribution < -0.4 is 41.4 Å². The molecule has 17 nitrogen and oxygen atoms in total. The second-order valence-corrected chi connectivity index (χ2v) is 12.0. The number of ether oxygens (including phenoxy) is 2. The zero-order valence-electron chi connectivity index (χ0n) is 27.8. The van der Waals surface area contributed by atoms with Gasteiger partial charge in [-0.15, -0.1) is 0 Å². The van der Waals surface area contributed by atoms with Crippen LogP contribution in [0, 0.1) is 11.6 Å². The summed E-state index contributed by atoms with van der Waals surface area (Å²) >= 11 is 4.85. The maximum atomic E-state index is 14.6. The van der Waals surface area contributed by atoms with E-state index in [0.29, 0.717) is 48.9 Å². The van der Waals surface area contributed by atoms with Crippen molar-refractivity contribution in [3.05, 3.63) is 48.0 Å². The molecule has 4 amide bonds. The molecule has 0 aliphatic carbocycles. The van der Waals surface area contributed by atoms with Gasteiger partial charge >= 0.3 is 12.2 Å². The van der Waals surface area contributed by atoms with Crippen LogP contribution in [0.15, 0.2) is 46.6 Å². The van der Waals surface area contributed by atoms with Gasteiger partial charge in [0.2, 0.25) is 11.8 Å². The SMILES string of the molecule is CC(=O)NC[C@H]1CN(c2ccc(N3C=NN(C(N)=S)CC3)c(F)c2)C(=O)O1.CC(=O)NC[C@H]1CN(c2ccc(N3C=NNCC3)c(F)c2)C(=O)O1. The maximum Gasteiger partial charge on any atom is 0.414 e. The summed E-state index contributed by atoms with van der Waals surface area (Å²) < 4.78 is 39.4. The lowest BCUT2D eigenvalue weighted by Gasteiger charge is -2.29. The molecule has 272 valence electrons. The van der Waals surface area contributed by atoms with Crippen LogP contribution in [0.25, 0.3) is 0 Å². The average Bonchev–Trinajstić information content (AvgIpc) is 3.68. The highest BCUT2D eigenvalue weighted by Gasteiger charge is 2.34. The van der Waals surface area contributed by atoms with Crippen LogP contribution in [-0.2, 0) is 19.1 Å². The highest BCUT2D eigenvalue weighted by molar-refractivity contribution is 7.80. The Morgan fingerprint density at radius 2 is 1.37 bits per heavy atom. The van der Waals surface area contributed by atoms with Gasteiger partial charge in [0.15, 0.2) is 5.11 Å². The first kappa shape index (κ1) is 36.5. The number of hydrazone groups is 2. The molecule has 4 aliphatic rings. The van der Waals surface area contributed by atoms with Crippen LogP contribution in [0.4, 0.5) is 41.1 Å². The van der Waals surface area contributed by atoms with Crippen LogP contribution in [-0.4, -0.2) is 111 Å². The molecular weight excluding hydrogens is 692 g/mol. The molecule has 2 aromatic carbocycles. The van der Waals surface area contributed by atoms with Crippen molar-refractivity contribution in [3.63, 3.8) is 0 Å². The monoisotopic (exact) mass is 729 g/mol. The van der Waals surface area contributed by atoms with Gasteiger partial charge in [-0.3, -0.25) is 19.4 Å². The smallest absolute Gasteiger partial charge is 0.414 e. The molecule has 0 bridgehead atoms. The molecule has 4 aliphatic heterocycles. The van der Waals surface area contributed by atoms with Crippen LogP contribution >= 0.6 is 12.2 Å². The summed E-state index contributed by atoms with van der Waals surface area (Å²) in [5, 5.41) is 14.8. The quantitative estimate of drug-likeness (QED) is 0.285. The fraction of sp³-hybridized carbons (Fsp3) is 0.387. The first-order valence-electron chi connectivity index (χ1n) is 15.8. The topological polar surface area (TPSA) is 190 Å². The predicted octanol–water partition coefficient (Wildman–Crippen LogP) is 1.24. The molecule has 0 aromatic heterocycles. The third kappa shape index (κ3) is 9.26. The van der Waals surface area contributed by atoms with Gasteiger partial charge in [-0.05, 0) is 48.6 Å². The van der Waals surface area contributed by atoms with E-state index in [0.717, 1.165) is 0 Å². The van der Waals surface area contributed by atoms with E-state index in [2.05, 4.69) is 26.3 Å². The lowest BCUT2D eigenvalue weighted by Crippen LogP contribution is -2.43. The maximum absolute atomic E-state index is 14.6. The Morgan fingerprint density at radius 1 is 0.863 bits per heavy atom. The van der Waals surface area contributed by atoms with E-state index in [9.17, 15) is 28.0 Å². The number of amides is 4. The van der Waals surface area contributed by atoms with E-state index in [-0.39, 0.29) is 43.1 Å². The number of nitrogens with one attached hydrogen (secondary N) is 3. The Kier molecular flexibility index (Phi) is 11.6. The Balaban J connectivity index is 0.000000199. The molecule has 6 rings (SSSR count). The van der Waals surface area contributed by atoms with Crippen molar-refractivity contribution < 1.29 is 37.4 Å². The van der Waals surface area contributed by atoms with Crippen molar-refractivity contribution in [2.75, 3.05) is 72.0 Å². The minimum atomic E-state index is -0.580. The number of hydrogen-bond acceptors (Lipinski definition) is 12. The molecule has 2 aromatic rings. The summed E-state index contributed by atoms with van der Waals surface area (Å²) in [4.78, 5) is 51.9. The largest absolute Gasteiger partial charge is 0.442 e. The number of halogens is 2. The average molecular weight is 730 g/mol. The number of thiocarbonyl (C=S) groups is 1. The Hall–Kier alpha value is -5.79. The molecular formula is C31H37F2N11O6S. The second-order valence-electron chi connectivity index (χ2n) is 11.6. The van der Waals surface area contributed by atoms with Gasteiger partial charge in [-0.25, -0.2) is 23.4 Å². The Labute approximate surface area is 296 Å². The Morgan fingerprint density at radius 3 is 1.76 bits per heavy atom. The minimum Gasteiger partial charge on any atom is -0.442 e. The van der Waals surface area contributed by atoms with Crippen molar-refractivity contribution in [2.24, 2.45) is 15.9 Å². The van der Waals surface area contributed by atoms with E-state index >= 15 is 0 Å². The number of rotatable bonds is 8. The van der Waals surface area contributed by atoms with Gasteiger partial charge in [0.1, 0.15) is 36.5 Å². The van der Waals surface area contributed by atoms with Crippen molar-refractivity contribution in [1.29, 1.82) is 0 Å². The lowest BCUT2D eigenvalue weighted by atomic mass is 10.2. The fourth-order valence-corrected chi connectivity index (χ4v) is 5.50. The van der Waals surface area contributed by atoms with Crippen molar-refractivity contribution in [1.82, 2.24) is 21.1 Å². The molecule has 0 radical (unpaired) electrons. The van der Waals surface area contributed by atoms with E-state index in [1.54, 1.807) is 34.1 Å². The molecule has 0 unspecified atom stereocenters. The highest BCUT2D eigenvalue weighted by Crippen LogP contribution is 2.29. The summed E-state index contributed by atoms with van der Waals surface area (Å²) in [6.07, 6.45) is 0.906. The molecule has 5 N–H and O–H groups in total. The van der Waals surface area contributed by atoms with E-state index in [1.807, 2.05) is 0 Å². The van der Waals surface area contributed by atoms with Crippen LogP contribution in [0.2, 0.25) is 0 Å². The number of nitrogens with zero attached hydrogens (tertiary/aromatic N) is 7. The predicted molar refractivity (Wildman–Crippen MR) is 189 cm³/mol. The third-order valence-corrected chi connectivity index (χ3v) is 8.11. The van der Waals surface area contributed by atoms with E-state index < -0.39 is 36.0 Å². The zero-order valence-corrected chi connectivity index (χ0v) is 28.6. The summed E-state index contributed by atoms with van der Waals surface area (Å²) in [7, 11) is 0. The molecule has 0 saturated carbocycles. The minimum absolute atomic E-state index is 0.156. The fourth-order valence-electron chi connectivity index (χ4n) is 5.36. The van der Waals surface area contributed by atoms with Gasteiger partial charge in [0.05, 0.1) is 62.0 Å². The van der Waals surface area contributed by atoms with Gasteiger partial charge < -0.3 is 41.1 Å². The summed E-state index contributed by atoms with van der Waals surface area (Å²) in [6, 6.07) is 9.04. The molecule has 20 heteroatoms. The van der Waals surface area contributed by atoms with Crippen LogP contribution in [0.1, 0.15) is 13.8 Å². The highest BCUT2D eigenvalue weighted by atomic mass is 32.1. The van der Waals surface area contributed by atoms with E-state index in [4.69, 9.17) is 27.4 Å². The van der Waals surface area contributed by atoms with Crippen LogP contribution in [0.3, 0.4) is 0 Å². The van der Waals surface area contributed by atoms with Gasteiger partial charge in [0.25, 0.3) is 0 Å². The summed E-state index contributed by atoms with van der Waals surface area (Å²) in [5.74, 6) is -1.35. The molecule has 51 heavy (non-hydrogen) atoms. The number of carbonyl (C=O) groups is 4. The van der Waals surface area contributed by atoms with Crippen molar-refractivity contribution >= 4 is 76.8 Å². The Bertz CT molecular complexity index is 1730. The van der Waals surface area contributed by atoms with Crippen molar-refractivity contribution in [2.45, 2.75) is 26.1 Å². The zero-order chi connectivity index (χ0) is 36.7. The van der Waals surface area contributed by atoms with E-state index in [1.165, 1.54) is 53.5 Å². The first-order valence-corrected chi connectivity index (χ1v) is 16.2. The molecule has 4 heterocycles. The van der Waals surface area contributed by atoms with Crippen molar-refractivity contribution in [3.8, 4) is 0 Å². The second kappa shape index (κ2) is 16.3. The number of benzene rings is 2.